The summed E-state index contributed by atoms with van der Waals surface area (Å²) in [6, 6.07) is 8.44. The number of thiazole rings is 1. The van der Waals surface area contributed by atoms with Crippen molar-refractivity contribution in [1.82, 2.24) is 10.3 Å². The van der Waals surface area contributed by atoms with E-state index in [1.165, 1.54) is 5.56 Å². The molecule has 1 aromatic carbocycles. The number of nitrogens with one attached hydrogen (secondary N) is 1. The van der Waals surface area contributed by atoms with Crippen molar-refractivity contribution >= 4 is 11.3 Å². The first kappa shape index (κ1) is 15.0. The summed E-state index contributed by atoms with van der Waals surface area (Å²) in [6.07, 6.45) is 2.01. The highest BCUT2D eigenvalue weighted by molar-refractivity contribution is 7.09. The van der Waals surface area contributed by atoms with Crippen LogP contribution in [0, 0.1) is 6.92 Å². The first-order valence-electron chi connectivity index (χ1n) is 7.02. The average molecular weight is 290 g/mol. The molecule has 0 aliphatic rings. The van der Waals surface area contributed by atoms with Gasteiger partial charge in [-0.05, 0) is 37.9 Å². The Kier molecular flexibility index (Phi) is 5.56. The molecule has 0 fully saturated rings. The standard InChI is InChI=1S/C16H22N2OS/c1-4-9-17-14(15-11-20-12(2)18-15)10-13-7-5-6-8-16(13)19-3/h5-8,11,14,17H,4,9-10H2,1-3H3. The van der Waals surface area contributed by atoms with Crippen LogP contribution in [0.1, 0.15) is 35.7 Å². The molecule has 1 aromatic heterocycles. The maximum absolute atomic E-state index is 5.45. The number of nitrogens with zero attached hydrogens (tertiary/aromatic N) is 1. The largest absolute Gasteiger partial charge is 0.496 e. The normalized spacial score (nSPS) is 12.3. The lowest BCUT2D eigenvalue weighted by Gasteiger charge is -2.18. The van der Waals surface area contributed by atoms with Crippen LogP contribution in [0.25, 0.3) is 0 Å². The van der Waals surface area contributed by atoms with E-state index in [-0.39, 0.29) is 6.04 Å². The quantitative estimate of drug-likeness (QED) is 0.843. The van der Waals surface area contributed by atoms with Gasteiger partial charge in [-0.25, -0.2) is 4.98 Å². The van der Waals surface area contributed by atoms with E-state index in [0.717, 1.165) is 35.8 Å². The van der Waals surface area contributed by atoms with Crippen molar-refractivity contribution in [3.05, 3.63) is 45.9 Å². The summed E-state index contributed by atoms with van der Waals surface area (Å²) >= 11 is 1.70. The van der Waals surface area contributed by atoms with Crippen molar-refractivity contribution < 1.29 is 4.74 Å². The Morgan fingerprint density at radius 2 is 2.15 bits per heavy atom. The predicted molar refractivity (Wildman–Crippen MR) is 84.6 cm³/mol. The second-order valence-electron chi connectivity index (χ2n) is 4.81. The maximum Gasteiger partial charge on any atom is 0.122 e. The zero-order valence-corrected chi connectivity index (χ0v) is 13.2. The molecular weight excluding hydrogens is 268 g/mol. The molecule has 1 atom stereocenters. The monoisotopic (exact) mass is 290 g/mol. The number of ether oxygens (including phenoxy) is 1. The molecule has 0 radical (unpaired) electrons. The van der Waals surface area contributed by atoms with E-state index >= 15 is 0 Å². The molecule has 1 unspecified atom stereocenters. The highest BCUT2D eigenvalue weighted by atomic mass is 32.1. The number of aromatic nitrogens is 1. The van der Waals surface area contributed by atoms with Gasteiger partial charge in [0.1, 0.15) is 5.75 Å². The molecule has 1 heterocycles. The zero-order chi connectivity index (χ0) is 14.4. The number of methoxy groups -OCH3 is 1. The molecule has 0 saturated carbocycles. The second-order valence-corrected chi connectivity index (χ2v) is 5.88. The lowest BCUT2D eigenvalue weighted by Crippen LogP contribution is -2.24. The molecule has 20 heavy (non-hydrogen) atoms. The fourth-order valence-corrected chi connectivity index (χ4v) is 2.90. The molecule has 0 saturated heterocycles. The summed E-state index contributed by atoms with van der Waals surface area (Å²) in [5.74, 6) is 0.947. The zero-order valence-electron chi connectivity index (χ0n) is 12.3. The summed E-state index contributed by atoms with van der Waals surface area (Å²) in [5, 5.41) is 6.85. The summed E-state index contributed by atoms with van der Waals surface area (Å²) in [7, 11) is 1.72. The maximum atomic E-state index is 5.45. The van der Waals surface area contributed by atoms with Gasteiger partial charge >= 0.3 is 0 Å². The van der Waals surface area contributed by atoms with Gasteiger partial charge in [0.05, 0.1) is 23.9 Å². The first-order chi connectivity index (χ1) is 9.74. The molecule has 0 bridgehead atoms. The van der Waals surface area contributed by atoms with Crippen LogP contribution in [0.5, 0.6) is 5.75 Å². The van der Waals surface area contributed by atoms with Gasteiger partial charge < -0.3 is 10.1 Å². The fraction of sp³-hybridized carbons (Fsp3) is 0.438. The fourth-order valence-electron chi connectivity index (χ4n) is 2.23. The van der Waals surface area contributed by atoms with Crippen LogP contribution in [-0.2, 0) is 6.42 Å². The van der Waals surface area contributed by atoms with E-state index in [0.29, 0.717) is 0 Å². The Morgan fingerprint density at radius 1 is 1.35 bits per heavy atom. The molecule has 4 heteroatoms. The van der Waals surface area contributed by atoms with Crippen LogP contribution in [0.4, 0.5) is 0 Å². The van der Waals surface area contributed by atoms with Gasteiger partial charge in [-0.1, -0.05) is 25.1 Å². The lowest BCUT2D eigenvalue weighted by molar-refractivity contribution is 0.405. The van der Waals surface area contributed by atoms with Crippen molar-refractivity contribution in [2.24, 2.45) is 0 Å². The van der Waals surface area contributed by atoms with Crippen LogP contribution < -0.4 is 10.1 Å². The van der Waals surface area contributed by atoms with Gasteiger partial charge in [-0.15, -0.1) is 11.3 Å². The van der Waals surface area contributed by atoms with Crippen LogP contribution in [-0.4, -0.2) is 18.6 Å². The number of hydrogen-bond donors (Lipinski definition) is 1. The number of para-hydroxylation sites is 1. The minimum atomic E-state index is 0.246. The van der Waals surface area contributed by atoms with Crippen molar-refractivity contribution in [3.8, 4) is 5.75 Å². The summed E-state index contributed by atoms with van der Waals surface area (Å²) < 4.78 is 5.45. The van der Waals surface area contributed by atoms with Crippen LogP contribution in [0.15, 0.2) is 29.6 Å². The van der Waals surface area contributed by atoms with E-state index in [9.17, 15) is 0 Å². The minimum absolute atomic E-state index is 0.246. The van der Waals surface area contributed by atoms with Gasteiger partial charge in [0.2, 0.25) is 0 Å². The van der Waals surface area contributed by atoms with Crippen LogP contribution >= 0.6 is 11.3 Å². The minimum Gasteiger partial charge on any atom is -0.496 e. The SMILES string of the molecule is CCCNC(Cc1ccccc1OC)c1csc(C)n1. The summed E-state index contributed by atoms with van der Waals surface area (Å²) in [6.45, 7) is 5.23. The average Bonchev–Trinajstić information content (AvgIpc) is 2.90. The van der Waals surface area contributed by atoms with E-state index in [4.69, 9.17) is 4.74 Å². The van der Waals surface area contributed by atoms with Crippen LogP contribution in [0.2, 0.25) is 0 Å². The second kappa shape index (κ2) is 7.41. The Morgan fingerprint density at radius 3 is 2.80 bits per heavy atom. The topological polar surface area (TPSA) is 34.1 Å². The Bertz CT molecular complexity index is 539. The number of benzene rings is 1. The van der Waals surface area contributed by atoms with Crippen molar-refractivity contribution in [2.75, 3.05) is 13.7 Å². The number of rotatable bonds is 7. The Balaban J connectivity index is 2.19. The van der Waals surface area contributed by atoms with Gasteiger partial charge in [-0.2, -0.15) is 0 Å². The molecule has 0 aliphatic heterocycles. The van der Waals surface area contributed by atoms with Crippen LogP contribution in [0.3, 0.4) is 0 Å². The van der Waals surface area contributed by atoms with E-state index in [1.54, 1.807) is 18.4 Å². The Labute approximate surface area is 125 Å². The van der Waals surface area contributed by atoms with E-state index < -0.39 is 0 Å². The first-order valence-corrected chi connectivity index (χ1v) is 7.89. The third-order valence-electron chi connectivity index (χ3n) is 3.25. The van der Waals surface area contributed by atoms with Gasteiger partial charge in [0.25, 0.3) is 0 Å². The van der Waals surface area contributed by atoms with E-state index in [2.05, 4.69) is 34.7 Å². The number of aryl methyl sites for hydroxylation is 1. The highest BCUT2D eigenvalue weighted by Crippen LogP contribution is 2.25. The van der Waals surface area contributed by atoms with Crippen molar-refractivity contribution in [3.63, 3.8) is 0 Å². The van der Waals surface area contributed by atoms with Gasteiger partial charge in [0, 0.05) is 5.38 Å². The molecule has 0 aliphatic carbocycles. The summed E-state index contributed by atoms with van der Waals surface area (Å²) in [5.41, 5.74) is 2.35. The predicted octanol–water partition coefficient (Wildman–Crippen LogP) is 3.74. The third kappa shape index (κ3) is 3.81. The highest BCUT2D eigenvalue weighted by Gasteiger charge is 2.16. The lowest BCUT2D eigenvalue weighted by atomic mass is 10.0. The Hall–Kier alpha value is -1.39. The smallest absolute Gasteiger partial charge is 0.122 e. The van der Waals surface area contributed by atoms with Gasteiger partial charge in [-0.3, -0.25) is 0 Å². The molecule has 0 spiro atoms. The molecule has 2 rings (SSSR count). The van der Waals surface area contributed by atoms with Crippen molar-refractivity contribution in [2.45, 2.75) is 32.7 Å². The molecule has 0 amide bonds. The molecular formula is C16H22N2OS. The molecule has 1 N–H and O–H groups in total. The molecule has 2 aromatic rings. The summed E-state index contributed by atoms with van der Waals surface area (Å²) in [4.78, 5) is 4.63. The molecule has 108 valence electrons. The molecule has 3 nitrogen and oxygen atoms in total. The van der Waals surface area contributed by atoms with E-state index in [1.807, 2.05) is 19.1 Å². The number of hydrogen-bond acceptors (Lipinski definition) is 4. The van der Waals surface area contributed by atoms with Gasteiger partial charge in [0.15, 0.2) is 0 Å². The van der Waals surface area contributed by atoms with Crippen molar-refractivity contribution in [1.29, 1.82) is 0 Å². The third-order valence-corrected chi connectivity index (χ3v) is 4.04.